The van der Waals surface area contributed by atoms with E-state index in [4.69, 9.17) is 4.74 Å². The Hall–Kier alpha value is -0.120. The van der Waals surface area contributed by atoms with Gasteiger partial charge in [0, 0.05) is 12.6 Å². The van der Waals surface area contributed by atoms with Crippen molar-refractivity contribution in [3.63, 3.8) is 0 Å². The van der Waals surface area contributed by atoms with E-state index in [2.05, 4.69) is 5.32 Å². The molecule has 2 N–H and O–H groups in total. The van der Waals surface area contributed by atoms with Crippen LogP contribution >= 0.6 is 0 Å². The maximum atomic E-state index is 9.69. The predicted octanol–water partition coefficient (Wildman–Crippen LogP) is 1.69. The molecule has 0 heterocycles. The average molecular weight is 215 g/mol. The summed E-state index contributed by atoms with van der Waals surface area (Å²) in [6.07, 6.45) is 4.78. The zero-order chi connectivity index (χ0) is 11.3. The van der Waals surface area contributed by atoms with Gasteiger partial charge in [-0.05, 0) is 33.6 Å². The maximum absolute atomic E-state index is 9.69. The van der Waals surface area contributed by atoms with E-state index in [1.54, 1.807) is 0 Å². The third kappa shape index (κ3) is 6.13. The van der Waals surface area contributed by atoms with Crippen molar-refractivity contribution in [1.29, 1.82) is 0 Å². The summed E-state index contributed by atoms with van der Waals surface area (Å²) >= 11 is 0. The van der Waals surface area contributed by atoms with Gasteiger partial charge in [0.25, 0.3) is 0 Å². The first-order valence-electron chi connectivity index (χ1n) is 6.03. The van der Waals surface area contributed by atoms with Crippen molar-refractivity contribution in [2.24, 2.45) is 0 Å². The second-order valence-corrected chi connectivity index (χ2v) is 5.47. The minimum atomic E-state index is -0.384. The maximum Gasteiger partial charge on any atom is 0.0898 e. The molecule has 1 saturated carbocycles. The van der Waals surface area contributed by atoms with E-state index >= 15 is 0 Å². The first kappa shape index (κ1) is 12.9. The number of rotatable bonds is 5. The quantitative estimate of drug-likeness (QED) is 0.733. The lowest BCUT2D eigenvalue weighted by atomic mass is 10.2. The second-order valence-electron chi connectivity index (χ2n) is 5.47. The topological polar surface area (TPSA) is 41.5 Å². The highest BCUT2D eigenvalue weighted by molar-refractivity contribution is 4.75. The summed E-state index contributed by atoms with van der Waals surface area (Å²) in [5.74, 6) is 0. The molecule has 0 amide bonds. The molecule has 1 unspecified atom stereocenters. The van der Waals surface area contributed by atoms with Crippen LogP contribution < -0.4 is 5.32 Å². The summed E-state index contributed by atoms with van der Waals surface area (Å²) in [6.45, 7) is 7.09. The number of nitrogens with one attached hydrogen (secondary N) is 1. The fraction of sp³-hybridized carbons (Fsp3) is 1.00. The third-order valence-electron chi connectivity index (χ3n) is 2.71. The van der Waals surface area contributed by atoms with Crippen molar-refractivity contribution in [3.05, 3.63) is 0 Å². The van der Waals surface area contributed by atoms with E-state index in [1.165, 1.54) is 25.7 Å². The normalized spacial score (nSPS) is 20.8. The molecule has 0 aromatic heterocycles. The Morgan fingerprint density at radius 3 is 2.47 bits per heavy atom. The highest BCUT2D eigenvalue weighted by Crippen LogP contribution is 2.17. The van der Waals surface area contributed by atoms with Gasteiger partial charge < -0.3 is 15.2 Å². The van der Waals surface area contributed by atoms with Gasteiger partial charge in [0.15, 0.2) is 0 Å². The molecular formula is C12H25NO2. The van der Waals surface area contributed by atoms with Crippen LogP contribution in [0.1, 0.15) is 46.5 Å². The average Bonchev–Trinajstić information content (AvgIpc) is 2.62. The van der Waals surface area contributed by atoms with Crippen molar-refractivity contribution in [3.8, 4) is 0 Å². The van der Waals surface area contributed by atoms with Gasteiger partial charge in [-0.2, -0.15) is 0 Å². The smallest absolute Gasteiger partial charge is 0.0898 e. The molecule has 0 spiro atoms. The monoisotopic (exact) mass is 215 g/mol. The molecule has 3 heteroatoms. The van der Waals surface area contributed by atoms with Crippen LogP contribution in [0.15, 0.2) is 0 Å². The molecule has 3 nitrogen and oxygen atoms in total. The van der Waals surface area contributed by atoms with Crippen LogP contribution in [0, 0.1) is 0 Å². The fourth-order valence-corrected chi connectivity index (χ4v) is 1.84. The molecule has 0 aromatic carbocycles. The molecule has 15 heavy (non-hydrogen) atoms. The first-order chi connectivity index (χ1) is 6.97. The standard InChI is InChI=1S/C12H25NO2/c1-12(2,3)15-9-11(14)8-13-10-6-4-5-7-10/h10-11,13-14H,4-9H2,1-3H3. The van der Waals surface area contributed by atoms with E-state index < -0.39 is 0 Å². The molecule has 1 aliphatic carbocycles. The highest BCUT2D eigenvalue weighted by atomic mass is 16.5. The molecule has 0 bridgehead atoms. The molecule has 0 saturated heterocycles. The number of aliphatic hydroxyl groups is 1. The lowest BCUT2D eigenvalue weighted by Gasteiger charge is -2.23. The van der Waals surface area contributed by atoms with Crippen LogP contribution in [0.3, 0.4) is 0 Å². The Kier molecular flexibility index (Phi) is 5.03. The zero-order valence-corrected chi connectivity index (χ0v) is 10.3. The minimum absolute atomic E-state index is 0.158. The molecule has 1 rings (SSSR count). The van der Waals surface area contributed by atoms with Gasteiger partial charge in [0.2, 0.25) is 0 Å². The van der Waals surface area contributed by atoms with E-state index in [1.807, 2.05) is 20.8 Å². The Morgan fingerprint density at radius 1 is 1.33 bits per heavy atom. The molecule has 0 aliphatic heterocycles. The van der Waals surface area contributed by atoms with Gasteiger partial charge in [-0.1, -0.05) is 12.8 Å². The van der Waals surface area contributed by atoms with Crippen molar-refractivity contribution in [2.75, 3.05) is 13.2 Å². The van der Waals surface area contributed by atoms with Gasteiger partial charge in [0.1, 0.15) is 0 Å². The van der Waals surface area contributed by atoms with Crippen LogP contribution in [0.5, 0.6) is 0 Å². The van der Waals surface area contributed by atoms with Crippen LogP contribution in [0.2, 0.25) is 0 Å². The molecular weight excluding hydrogens is 190 g/mol. The van der Waals surface area contributed by atoms with Gasteiger partial charge in [-0.3, -0.25) is 0 Å². The van der Waals surface area contributed by atoms with Crippen LogP contribution in [-0.4, -0.2) is 36.0 Å². The summed E-state index contributed by atoms with van der Waals surface area (Å²) in [5.41, 5.74) is -0.158. The fourth-order valence-electron chi connectivity index (χ4n) is 1.84. The minimum Gasteiger partial charge on any atom is -0.389 e. The number of hydrogen-bond donors (Lipinski definition) is 2. The van der Waals surface area contributed by atoms with E-state index in [9.17, 15) is 5.11 Å². The summed E-state index contributed by atoms with van der Waals surface area (Å²) in [5, 5.41) is 13.1. The summed E-state index contributed by atoms with van der Waals surface area (Å²) < 4.78 is 5.52. The molecule has 1 fully saturated rings. The summed E-state index contributed by atoms with van der Waals surface area (Å²) in [4.78, 5) is 0. The van der Waals surface area contributed by atoms with Crippen molar-refractivity contribution in [2.45, 2.75) is 64.2 Å². The van der Waals surface area contributed by atoms with Crippen molar-refractivity contribution in [1.82, 2.24) is 5.32 Å². The van der Waals surface area contributed by atoms with Gasteiger partial charge >= 0.3 is 0 Å². The first-order valence-corrected chi connectivity index (χ1v) is 6.03. The molecule has 1 atom stereocenters. The lowest BCUT2D eigenvalue weighted by molar-refractivity contribution is -0.0483. The zero-order valence-electron chi connectivity index (χ0n) is 10.3. The van der Waals surface area contributed by atoms with Crippen LogP contribution in [-0.2, 0) is 4.74 Å². The SMILES string of the molecule is CC(C)(C)OCC(O)CNC1CCCC1. The summed E-state index contributed by atoms with van der Waals surface area (Å²) in [6, 6.07) is 0.620. The Labute approximate surface area is 93.2 Å². The third-order valence-corrected chi connectivity index (χ3v) is 2.71. The number of aliphatic hydroxyl groups excluding tert-OH is 1. The number of hydrogen-bond acceptors (Lipinski definition) is 3. The second kappa shape index (κ2) is 5.83. The lowest BCUT2D eigenvalue weighted by Crippen LogP contribution is -2.37. The largest absolute Gasteiger partial charge is 0.389 e. The Bertz CT molecular complexity index is 171. The Balaban J connectivity index is 2.05. The van der Waals surface area contributed by atoms with Crippen molar-refractivity contribution < 1.29 is 9.84 Å². The molecule has 0 radical (unpaired) electrons. The molecule has 1 aliphatic rings. The van der Waals surface area contributed by atoms with Gasteiger partial charge in [-0.15, -0.1) is 0 Å². The highest BCUT2D eigenvalue weighted by Gasteiger charge is 2.17. The van der Waals surface area contributed by atoms with Crippen LogP contribution in [0.4, 0.5) is 0 Å². The summed E-state index contributed by atoms with van der Waals surface area (Å²) in [7, 11) is 0. The van der Waals surface area contributed by atoms with Crippen LogP contribution in [0.25, 0.3) is 0 Å². The van der Waals surface area contributed by atoms with Gasteiger partial charge in [-0.25, -0.2) is 0 Å². The van der Waals surface area contributed by atoms with E-state index in [-0.39, 0.29) is 11.7 Å². The predicted molar refractivity (Wildman–Crippen MR) is 62.0 cm³/mol. The van der Waals surface area contributed by atoms with E-state index in [0.29, 0.717) is 19.2 Å². The van der Waals surface area contributed by atoms with Gasteiger partial charge in [0.05, 0.1) is 18.3 Å². The number of ether oxygens (including phenoxy) is 1. The Morgan fingerprint density at radius 2 is 1.93 bits per heavy atom. The van der Waals surface area contributed by atoms with E-state index in [0.717, 1.165) is 0 Å². The van der Waals surface area contributed by atoms with Crippen molar-refractivity contribution >= 4 is 0 Å². The molecule has 0 aromatic rings. The molecule has 90 valence electrons.